The first-order chi connectivity index (χ1) is 10.9. The molecule has 0 saturated carbocycles. The molecule has 23 heavy (non-hydrogen) atoms. The van der Waals surface area contributed by atoms with E-state index in [1.165, 1.54) is 0 Å². The van der Waals surface area contributed by atoms with Crippen molar-refractivity contribution in [2.75, 3.05) is 13.2 Å². The summed E-state index contributed by atoms with van der Waals surface area (Å²) in [6.45, 7) is 7.98. The fourth-order valence-electron chi connectivity index (χ4n) is 1.88. The molecule has 0 saturated heterocycles. The van der Waals surface area contributed by atoms with E-state index in [-0.39, 0.29) is 18.5 Å². The van der Waals surface area contributed by atoms with Crippen LogP contribution in [0, 0.1) is 5.92 Å². The van der Waals surface area contributed by atoms with Crippen LogP contribution in [0.4, 0.5) is 0 Å². The van der Waals surface area contributed by atoms with Gasteiger partial charge in [-0.15, -0.1) is 0 Å². The Hall–Kier alpha value is -2.37. The largest absolute Gasteiger partial charge is 0.484 e. The lowest BCUT2D eigenvalue weighted by Gasteiger charge is -2.07. The Balaban J connectivity index is 2.43. The Morgan fingerprint density at radius 1 is 1.22 bits per heavy atom. The third-order valence-corrected chi connectivity index (χ3v) is 2.81. The molecule has 0 heterocycles. The van der Waals surface area contributed by atoms with E-state index in [4.69, 9.17) is 9.47 Å². The van der Waals surface area contributed by atoms with E-state index in [1.54, 1.807) is 31.2 Å². The number of rotatable bonds is 8. The Kier molecular flexibility index (Phi) is 7.80. The Labute approximate surface area is 136 Å². The van der Waals surface area contributed by atoms with Crippen LogP contribution in [0.3, 0.4) is 0 Å². The predicted molar refractivity (Wildman–Crippen MR) is 88.6 cm³/mol. The number of benzene rings is 1. The van der Waals surface area contributed by atoms with Crippen molar-refractivity contribution in [2.24, 2.45) is 11.0 Å². The van der Waals surface area contributed by atoms with Gasteiger partial charge in [0.2, 0.25) is 0 Å². The second-order valence-electron chi connectivity index (χ2n) is 5.51. The number of carbonyl (C=O) groups excluding carboxylic acids is 2. The fraction of sp³-hybridized carbons (Fsp3) is 0.471. The Bertz CT molecular complexity index is 550. The van der Waals surface area contributed by atoms with Crippen LogP contribution < -0.4 is 10.2 Å². The van der Waals surface area contributed by atoms with E-state index in [0.717, 1.165) is 12.1 Å². The van der Waals surface area contributed by atoms with Crippen molar-refractivity contribution in [3.05, 3.63) is 29.8 Å². The number of esters is 1. The fourth-order valence-corrected chi connectivity index (χ4v) is 1.88. The maximum Gasteiger partial charge on any atom is 0.338 e. The van der Waals surface area contributed by atoms with E-state index in [1.807, 2.05) is 6.92 Å². The minimum atomic E-state index is -0.383. The van der Waals surface area contributed by atoms with Gasteiger partial charge in [-0.2, -0.15) is 5.10 Å². The van der Waals surface area contributed by atoms with Gasteiger partial charge in [0.1, 0.15) is 5.75 Å². The Morgan fingerprint density at radius 2 is 1.87 bits per heavy atom. The smallest absolute Gasteiger partial charge is 0.338 e. The molecule has 1 N–H and O–H groups in total. The second kappa shape index (κ2) is 9.61. The zero-order chi connectivity index (χ0) is 17.2. The highest BCUT2D eigenvalue weighted by atomic mass is 16.5. The zero-order valence-electron chi connectivity index (χ0n) is 14.1. The van der Waals surface area contributed by atoms with Crippen LogP contribution in [-0.2, 0) is 9.53 Å². The molecule has 0 unspecified atom stereocenters. The highest BCUT2D eigenvalue weighted by molar-refractivity contribution is 5.89. The maximum absolute atomic E-state index is 11.6. The van der Waals surface area contributed by atoms with Gasteiger partial charge in [0.05, 0.1) is 12.2 Å². The summed E-state index contributed by atoms with van der Waals surface area (Å²) in [5.41, 5.74) is 3.76. The molecule has 0 atom stereocenters. The lowest BCUT2D eigenvalue weighted by atomic mass is 10.1. The van der Waals surface area contributed by atoms with Crippen LogP contribution in [0.1, 0.15) is 44.5 Å². The number of ether oxygens (including phenoxy) is 2. The molecular formula is C17H24N2O4. The minimum absolute atomic E-state index is 0.142. The molecule has 0 fully saturated rings. The number of hydrazone groups is 1. The van der Waals surface area contributed by atoms with Crippen molar-refractivity contribution < 1.29 is 19.1 Å². The SMILES string of the molecule is CCOC(=O)c1ccc(OCC(=O)NN=C(C)CC(C)C)cc1. The van der Waals surface area contributed by atoms with Crippen LogP contribution in [0.2, 0.25) is 0 Å². The average molecular weight is 320 g/mol. The number of nitrogens with zero attached hydrogens (tertiary/aromatic N) is 1. The van der Waals surface area contributed by atoms with E-state index in [0.29, 0.717) is 23.8 Å². The van der Waals surface area contributed by atoms with Crippen molar-refractivity contribution in [2.45, 2.75) is 34.1 Å². The first-order valence-electron chi connectivity index (χ1n) is 7.64. The van der Waals surface area contributed by atoms with Crippen molar-refractivity contribution in [3.63, 3.8) is 0 Å². The lowest BCUT2D eigenvalue weighted by Crippen LogP contribution is -2.25. The van der Waals surface area contributed by atoms with Gasteiger partial charge in [0.15, 0.2) is 6.61 Å². The average Bonchev–Trinajstić information content (AvgIpc) is 2.51. The molecule has 126 valence electrons. The van der Waals surface area contributed by atoms with E-state index < -0.39 is 0 Å². The van der Waals surface area contributed by atoms with Crippen LogP contribution in [0.15, 0.2) is 29.4 Å². The van der Waals surface area contributed by atoms with Crippen molar-refractivity contribution in [1.82, 2.24) is 5.43 Å². The summed E-state index contributed by atoms with van der Waals surface area (Å²) >= 11 is 0. The van der Waals surface area contributed by atoms with Gasteiger partial charge in [0, 0.05) is 5.71 Å². The van der Waals surface area contributed by atoms with E-state index >= 15 is 0 Å². The zero-order valence-corrected chi connectivity index (χ0v) is 14.1. The van der Waals surface area contributed by atoms with Gasteiger partial charge >= 0.3 is 5.97 Å². The molecule has 6 heteroatoms. The van der Waals surface area contributed by atoms with Crippen molar-refractivity contribution >= 4 is 17.6 Å². The topological polar surface area (TPSA) is 77.0 Å². The molecule has 1 amide bonds. The molecule has 0 aromatic heterocycles. The summed E-state index contributed by atoms with van der Waals surface area (Å²) < 4.78 is 10.2. The van der Waals surface area contributed by atoms with Crippen molar-refractivity contribution in [1.29, 1.82) is 0 Å². The molecule has 6 nitrogen and oxygen atoms in total. The predicted octanol–water partition coefficient (Wildman–Crippen LogP) is 2.78. The second-order valence-corrected chi connectivity index (χ2v) is 5.51. The first-order valence-corrected chi connectivity index (χ1v) is 7.64. The maximum atomic E-state index is 11.6. The summed E-state index contributed by atoms with van der Waals surface area (Å²) in [6, 6.07) is 6.42. The molecule has 1 aromatic rings. The lowest BCUT2D eigenvalue weighted by molar-refractivity contribution is -0.123. The molecule has 0 radical (unpaired) electrons. The summed E-state index contributed by atoms with van der Waals surface area (Å²) in [6.07, 6.45) is 0.830. The Morgan fingerprint density at radius 3 is 2.43 bits per heavy atom. The molecule has 0 bridgehead atoms. The van der Waals surface area contributed by atoms with Crippen molar-refractivity contribution in [3.8, 4) is 5.75 Å². The molecule has 1 aromatic carbocycles. The van der Waals surface area contributed by atoms with Crippen LogP contribution in [0.25, 0.3) is 0 Å². The molecule has 1 rings (SSSR count). The highest BCUT2D eigenvalue weighted by Crippen LogP contribution is 2.12. The number of carbonyl (C=O) groups is 2. The van der Waals surface area contributed by atoms with Gasteiger partial charge in [-0.25, -0.2) is 10.2 Å². The monoisotopic (exact) mass is 320 g/mol. The molecule has 0 aliphatic rings. The third-order valence-electron chi connectivity index (χ3n) is 2.81. The molecule has 0 spiro atoms. The molecule has 0 aliphatic carbocycles. The van der Waals surface area contributed by atoms with Gasteiger partial charge < -0.3 is 9.47 Å². The van der Waals surface area contributed by atoms with Crippen LogP contribution in [0.5, 0.6) is 5.75 Å². The number of nitrogens with one attached hydrogen (secondary N) is 1. The van der Waals surface area contributed by atoms with E-state index in [9.17, 15) is 9.59 Å². The molecular weight excluding hydrogens is 296 g/mol. The number of hydrogen-bond acceptors (Lipinski definition) is 5. The third kappa shape index (κ3) is 7.44. The van der Waals surface area contributed by atoms with Gasteiger partial charge in [-0.1, -0.05) is 13.8 Å². The van der Waals surface area contributed by atoms with Gasteiger partial charge in [0.25, 0.3) is 5.91 Å². The minimum Gasteiger partial charge on any atom is -0.484 e. The first kappa shape index (κ1) is 18.7. The quantitative estimate of drug-likeness (QED) is 0.454. The number of amides is 1. The highest BCUT2D eigenvalue weighted by Gasteiger charge is 2.07. The molecule has 0 aliphatic heterocycles. The van der Waals surface area contributed by atoms with Gasteiger partial charge in [-0.3, -0.25) is 4.79 Å². The van der Waals surface area contributed by atoms with E-state index in [2.05, 4.69) is 24.4 Å². The summed E-state index contributed by atoms with van der Waals surface area (Å²) in [5, 5.41) is 4.01. The van der Waals surface area contributed by atoms with Crippen LogP contribution >= 0.6 is 0 Å². The summed E-state index contributed by atoms with van der Waals surface area (Å²) in [5.74, 6) is 0.273. The summed E-state index contributed by atoms with van der Waals surface area (Å²) in [4.78, 5) is 23.2. The standard InChI is InChI=1S/C17H24N2O4/c1-5-22-17(21)14-6-8-15(9-7-14)23-11-16(20)19-18-13(4)10-12(2)3/h6-9,12H,5,10-11H2,1-4H3,(H,19,20). The van der Waals surface area contributed by atoms with Crippen LogP contribution in [-0.4, -0.2) is 30.8 Å². The summed E-state index contributed by atoms with van der Waals surface area (Å²) in [7, 11) is 0. The normalized spacial score (nSPS) is 11.3. The van der Waals surface area contributed by atoms with Gasteiger partial charge in [-0.05, 0) is 50.5 Å². The number of hydrogen-bond donors (Lipinski definition) is 1.